The summed E-state index contributed by atoms with van der Waals surface area (Å²) in [6, 6.07) is 14.5. The van der Waals surface area contributed by atoms with E-state index in [4.69, 9.17) is 4.74 Å². The highest BCUT2D eigenvalue weighted by Crippen LogP contribution is 2.19. The number of hydrogen-bond donors (Lipinski definition) is 1. The van der Waals surface area contributed by atoms with Gasteiger partial charge in [-0.25, -0.2) is 0 Å². The Bertz CT molecular complexity index is 811. The highest BCUT2D eigenvalue weighted by molar-refractivity contribution is 6.03. The Morgan fingerprint density at radius 1 is 1.04 bits per heavy atom. The van der Waals surface area contributed by atoms with Gasteiger partial charge in [-0.05, 0) is 51.1 Å². The fourth-order valence-corrected chi connectivity index (χ4v) is 2.68. The van der Waals surface area contributed by atoms with Crippen LogP contribution in [-0.4, -0.2) is 36.4 Å². The van der Waals surface area contributed by atoms with Crippen molar-refractivity contribution in [2.45, 2.75) is 20.8 Å². The summed E-state index contributed by atoms with van der Waals surface area (Å²) in [6.07, 6.45) is 3.17. The van der Waals surface area contributed by atoms with Gasteiger partial charge in [-0.15, -0.1) is 0 Å². The SMILES string of the molecule is CCOc1ccccc1/C=C/C(=O)Nc1cccc(C(=O)N(CC)CC)c1. The second-order valence-corrected chi connectivity index (χ2v) is 5.85. The first kappa shape index (κ1) is 20.2. The van der Waals surface area contributed by atoms with E-state index in [1.54, 1.807) is 35.2 Å². The third-order valence-electron chi connectivity index (χ3n) is 4.06. The predicted octanol–water partition coefficient (Wildman–Crippen LogP) is 4.22. The Morgan fingerprint density at radius 3 is 2.48 bits per heavy atom. The monoisotopic (exact) mass is 366 g/mol. The number of rotatable bonds is 8. The third kappa shape index (κ3) is 5.71. The van der Waals surface area contributed by atoms with Crippen molar-refractivity contribution < 1.29 is 14.3 Å². The summed E-state index contributed by atoms with van der Waals surface area (Å²) in [5, 5.41) is 2.80. The maximum atomic E-state index is 12.4. The molecule has 5 nitrogen and oxygen atoms in total. The van der Waals surface area contributed by atoms with Crippen LogP contribution in [0.3, 0.4) is 0 Å². The van der Waals surface area contributed by atoms with E-state index in [9.17, 15) is 9.59 Å². The number of nitrogens with zero attached hydrogens (tertiary/aromatic N) is 1. The molecule has 142 valence electrons. The zero-order chi connectivity index (χ0) is 19.6. The smallest absolute Gasteiger partial charge is 0.253 e. The van der Waals surface area contributed by atoms with Crippen LogP contribution in [0.1, 0.15) is 36.7 Å². The van der Waals surface area contributed by atoms with Crippen molar-refractivity contribution >= 4 is 23.6 Å². The van der Waals surface area contributed by atoms with Gasteiger partial charge in [0.15, 0.2) is 0 Å². The molecule has 0 spiro atoms. The van der Waals surface area contributed by atoms with Crippen LogP contribution in [0, 0.1) is 0 Å². The van der Waals surface area contributed by atoms with Crippen LogP contribution in [-0.2, 0) is 4.79 Å². The van der Waals surface area contributed by atoms with E-state index in [0.29, 0.717) is 30.9 Å². The number of hydrogen-bond acceptors (Lipinski definition) is 3. The van der Waals surface area contributed by atoms with Gasteiger partial charge in [0.05, 0.1) is 6.61 Å². The molecule has 0 aromatic heterocycles. The van der Waals surface area contributed by atoms with Gasteiger partial charge in [0.25, 0.3) is 5.91 Å². The number of carbonyl (C=O) groups is 2. The molecule has 0 atom stereocenters. The van der Waals surface area contributed by atoms with E-state index < -0.39 is 0 Å². The normalized spacial score (nSPS) is 10.6. The average Bonchev–Trinajstić information content (AvgIpc) is 2.68. The third-order valence-corrected chi connectivity index (χ3v) is 4.06. The Labute approximate surface area is 160 Å². The average molecular weight is 366 g/mol. The highest BCUT2D eigenvalue weighted by atomic mass is 16.5. The van der Waals surface area contributed by atoms with Gasteiger partial charge in [-0.1, -0.05) is 24.3 Å². The molecule has 0 radical (unpaired) electrons. The van der Waals surface area contributed by atoms with Crippen LogP contribution in [0.25, 0.3) is 6.08 Å². The Balaban J connectivity index is 2.08. The standard InChI is InChI=1S/C22H26N2O3/c1-4-24(5-2)22(26)18-11-9-12-19(16-18)23-21(25)15-14-17-10-7-8-13-20(17)27-6-3/h7-16H,4-6H2,1-3H3,(H,23,25)/b15-14+. The molecule has 0 saturated carbocycles. The number of anilines is 1. The summed E-state index contributed by atoms with van der Waals surface area (Å²) in [5.74, 6) is 0.418. The van der Waals surface area contributed by atoms with Crippen LogP contribution in [0.15, 0.2) is 54.6 Å². The van der Waals surface area contributed by atoms with Crippen LogP contribution >= 0.6 is 0 Å². The van der Waals surface area contributed by atoms with Crippen LogP contribution < -0.4 is 10.1 Å². The molecule has 5 heteroatoms. The van der Waals surface area contributed by atoms with Gasteiger partial charge in [0.1, 0.15) is 5.75 Å². The fraction of sp³-hybridized carbons (Fsp3) is 0.273. The van der Waals surface area contributed by atoms with E-state index in [-0.39, 0.29) is 11.8 Å². The summed E-state index contributed by atoms with van der Waals surface area (Å²) in [4.78, 5) is 26.4. The minimum Gasteiger partial charge on any atom is -0.493 e. The maximum absolute atomic E-state index is 12.4. The molecule has 2 amide bonds. The van der Waals surface area contributed by atoms with Crippen molar-refractivity contribution in [2.24, 2.45) is 0 Å². The molecule has 0 bridgehead atoms. The van der Waals surface area contributed by atoms with Gasteiger partial charge in [-0.3, -0.25) is 9.59 Å². The molecule has 0 heterocycles. The van der Waals surface area contributed by atoms with Crippen LogP contribution in [0.4, 0.5) is 5.69 Å². The number of carbonyl (C=O) groups excluding carboxylic acids is 2. The predicted molar refractivity (Wildman–Crippen MR) is 109 cm³/mol. The van der Waals surface area contributed by atoms with E-state index in [1.807, 2.05) is 45.0 Å². The van der Waals surface area contributed by atoms with Gasteiger partial charge in [0, 0.05) is 36.0 Å². The Kier molecular flexibility index (Phi) is 7.62. The van der Waals surface area contributed by atoms with Crippen molar-refractivity contribution in [3.8, 4) is 5.75 Å². The van der Waals surface area contributed by atoms with Crippen molar-refractivity contribution in [2.75, 3.05) is 25.0 Å². The molecule has 0 saturated heterocycles. The Morgan fingerprint density at radius 2 is 1.78 bits per heavy atom. The maximum Gasteiger partial charge on any atom is 0.253 e. The van der Waals surface area contributed by atoms with Gasteiger partial charge < -0.3 is 15.0 Å². The quantitative estimate of drug-likeness (QED) is 0.712. The zero-order valence-electron chi connectivity index (χ0n) is 16.1. The zero-order valence-corrected chi connectivity index (χ0v) is 16.1. The first-order valence-electron chi connectivity index (χ1n) is 9.19. The Hall–Kier alpha value is -3.08. The molecule has 27 heavy (non-hydrogen) atoms. The number of benzene rings is 2. The van der Waals surface area contributed by atoms with Crippen molar-refractivity contribution in [1.82, 2.24) is 4.90 Å². The molecule has 2 rings (SSSR count). The molecule has 0 aliphatic heterocycles. The minimum atomic E-state index is -0.270. The van der Waals surface area contributed by atoms with Gasteiger partial charge in [0.2, 0.25) is 5.91 Å². The lowest BCUT2D eigenvalue weighted by Crippen LogP contribution is -2.30. The number of para-hydroxylation sites is 1. The van der Waals surface area contributed by atoms with Crippen LogP contribution in [0.2, 0.25) is 0 Å². The topological polar surface area (TPSA) is 58.6 Å². The van der Waals surface area contributed by atoms with Gasteiger partial charge in [-0.2, -0.15) is 0 Å². The summed E-state index contributed by atoms with van der Waals surface area (Å²) in [7, 11) is 0. The second-order valence-electron chi connectivity index (χ2n) is 5.85. The summed E-state index contributed by atoms with van der Waals surface area (Å²) in [5.41, 5.74) is 1.97. The number of nitrogens with one attached hydrogen (secondary N) is 1. The largest absolute Gasteiger partial charge is 0.493 e. The first-order chi connectivity index (χ1) is 13.1. The molecular formula is C22H26N2O3. The van der Waals surface area contributed by atoms with E-state index in [1.165, 1.54) is 6.08 Å². The fourth-order valence-electron chi connectivity index (χ4n) is 2.68. The minimum absolute atomic E-state index is 0.0442. The molecule has 0 unspecified atom stereocenters. The molecule has 0 aliphatic rings. The summed E-state index contributed by atoms with van der Waals surface area (Å²) < 4.78 is 5.55. The molecular weight excluding hydrogens is 340 g/mol. The highest BCUT2D eigenvalue weighted by Gasteiger charge is 2.12. The summed E-state index contributed by atoms with van der Waals surface area (Å²) in [6.45, 7) is 7.65. The van der Waals surface area contributed by atoms with Gasteiger partial charge >= 0.3 is 0 Å². The van der Waals surface area contributed by atoms with Crippen molar-refractivity contribution in [3.05, 3.63) is 65.7 Å². The first-order valence-corrected chi connectivity index (χ1v) is 9.19. The number of amides is 2. The van der Waals surface area contributed by atoms with E-state index in [2.05, 4.69) is 5.32 Å². The van der Waals surface area contributed by atoms with Crippen molar-refractivity contribution in [3.63, 3.8) is 0 Å². The van der Waals surface area contributed by atoms with Crippen molar-refractivity contribution in [1.29, 1.82) is 0 Å². The molecule has 2 aromatic rings. The lowest BCUT2D eigenvalue weighted by molar-refractivity contribution is -0.111. The lowest BCUT2D eigenvalue weighted by Gasteiger charge is -2.18. The molecule has 2 aromatic carbocycles. The lowest BCUT2D eigenvalue weighted by atomic mass is 10.1. The molecule has 1 N–H and O–H groups in total. The van der Waals surface area contributed by atoms with E-state index >= 15 is 0 Å². The molecule has 0 aliphatic carbocycles. The second kappa shape index (κ2) is 10.2. The summed E-state index contributed by atoms with van der Waals surface area (Å²) >= 11 is 0. The van der Waals surface area contributed by atoms with Crippen LogP contribution in [0.5, 0.6) is 5.75 Å². The van der Waals surface area contributed by atoms with E-state index in [0.717, 1.165) is 11.3 Å². The number of ether oxygens (including phenoxy) is 1. The molecule has 0 fully saturated rings.